The van der Waals surface area contributed by atoms with Crippen molar-refractivity contribution >= 4 is 38.0 Å². The lowest BCUT2D eigenvalue weighted by molar-refractivity contribution is 0.0498. The quantitative estimate of drug-likeness (QED) is 0.220. The van der Waals surface area contributed by atoms with Gasteiger partial charge in [0.1, 0.15) is 5.60 Å². The molecule has 6 nitrogen and oxygen atoms in total. The topological polar surface area (TPSA) is 87.1 Å². The second kappa shape index (κ2) is 11.4. The van der Waals surface area contributed by atoms with E-state index in [-0.39, 0.29) is 18.2 Å². The van der Waals surface area contributed by atoms with E-state index in [4.69, 9.17) is 10.3 Å². The molecule has 0 heterocycles. The summed E-state index contributed by atoms with van der Waals surface area (Å²) in [5.41, 5.74) is 13.0. The Kier molecular flexibility index (Phi) is 8.85. The number of nitrogens with one attached hydrogen (secondary N) is 1. The van der Waals surface area contributed by atoms with Crippen LogP contribution in [0.25, 0.3) is 10.4 Å². The molecule has 0 spiro atoms. The largest absolute Gasteiger partial charge is 0.444 e. The first kappa shape index (κ1) is 25.6. The molecule has 0 saturated heterocycles. The normalized spacial score (nSPS) is 19.1. The summed E-state index contributed by atoms with van der Waals surface area (Å²) in [5.74, 6) is 0. The first-order chi connectivity index (χ1) is 15.7. The molecule has 0 bridgehead atoms. The molecular weight excluding hydrogens is 548 g/mol. The van der Waals surface area contributed by atoms with Crippen LogP contribution in [0.2, 0.25) is 0 Å². The van der Waals surface area contributed by atoms with Crippen molar-refractivity contribution in [1.82, 2.24) is 5.32 Å². The van der Waals surface area contributed by atoms with Gasteiger partial charge in [-0.15, -0.1) is 0 Å². The van der Waals surface area contributed by atoms with Crippen LogP contribution >= 0.6 is 31.9 Å². The van der Waals surface area contributed by atoms with E-state index in [1.54, 1.807) is 0 Å². The van der Waals surface area contributed by atoms with Crippen LogP contribution in [0.4, 0.5) is 4.79 Å². The van der Waals surface area contributed by atoms with Gasteiger partial charge >= 0.3 is 6.09 Å². The first-order valence-electron chi connectivity index (χ1n) is 11.3. The van der Waals surface area contributed by atoms with Gasteiger partial charge in [-0.2, -0.15) is 0 Å². The highest BCUT2D eigenvalue weighted by Gasteiger charge is 2.25. The van der Waals surface area contributed by atoms with Gasteiger partial charge in [-0.05, 0) is 99.2 Å². The summed E-state index contributed by atoms with van der Waals surface area (Å²) >= 11 is 7.11. The number of fused-ring (bicyclic) bond motifs is 2. The summed E-state index contributed by atoms with van der Waals surface area (Å²) in [6.45, 7) is 5.62. The van der Waals surface area contributed by atoms with E-state index in [0.717, 1.165) is 47.5 Å². The summed E-state index contributed by atoms with van der Waals surface area (Å²) in [6, 6.07) is 12.3. The molecule has 0 aromatic heterocycles. The zero-order valence-electron chi connectivity index (χ0n) is 19.3. The first-order valence-corrected chi connectivity index (χ1v) is 12.9. The maximum absolute atomic E-state index is 11.9. The zero-order valence-corrected chi connectivity index (χ0v) is 22.4. The van der Waals surface area contributed by atoms with Crippen LogP contribution in [-0.4, -0.2) is 11.7 Å². The highest BCUT2D eigenvalue weighted by Crippen LogP contribution is 2.36. The van der Waals surface area contributed by atoms with Gasteiger partial charge in [-0.3, -0.25) is 0 Å². The molecule has 0 fully saturated rings. The predicted octanol–water partition coefficient (Wildman–Crippen LogP) is 8.49. The van der Waals surface area contributed by atoms with Gasteiger partial charge < -0.3 is 10.1 Å². The fourth-order valence-corrected chi connectivity index (χ4v) is 5.52. The van der Waals surface area contributed by atoms with Crippen molar-refractivity contribution in [3.05, 3.63) is 78.0 Å². The second-order valence-corrected chi connectivity index (χ2v) is 11.0. The van der Waals surface area contributed by atoms with Crippen molar-refractivity contribution in [2.24, 2.45) is 5.11 Å². The number of nitrogens with zero attached hydrogens (tertiary/aromatic N) is 3. The molecule has 0 radical (unpaired) electrons. The zero-order chi connectivity index (χ0) is 24.0. The molecule has 0 aliphatic heterocycles. The van der Waals surface area contributed by atoms with Gasteiger partial charge in [-0.1, -0.05) is 61.2 Å². The Morgan fingerprint density at radius 2 is 1.61 bits per heavy atom. The highest BCUT2D eigenvalue weighted by molar-refractivity contribution is 9.10. The predicted molar refractivity (Wildman–Crippen MR) is 138 cm³/mol. The SMILES string of the molecule is CC(C)(C)OC(=O)N[C@@H]1CCCc2c(Br)cccc21.[N-]=[N+]=N[C@@H]1CCCc2c(Br)cccc21. The third-order valence-corrected chi connectivity index (χ3v) is 7.24. The van der Waals surface area contributed by atoms with Gasteiger partial charge in [0.25, 0.3) is 0 Å². The molecular formula is C25H30Br2N4O2. The Morgan fingerprint density at radius 3 is 2.21 bits per heavy atom. The van der Waals surface area contributed by atoms with E-state index in [0.29, 0.717) is 0 Å². The van der Waals surface area contributed by atoms with Gasteiger partial charge in [0.15, 0.2) is 0 Å². The van der Waals surface area contributed by atoms with Gasteiger partial charge in [-0.25, -0.2) is 4.79 Å². The molecule has 8 heteroatoms. The van der Waals surface area contributed by atoms with E-state index in [9.17, 15) is 4.79 Å². The van der Waals surface area contributed by atoms with E-state index >= 15 is 0 Å². The maximum atomic E-state index is 11.9. The van der Waals surface area contributed by atoms with Crippen LogP contribution in [-0.2, 0) is 17.6 Å². The third-order valence-electron chi connectivity index (χ3n) is 5.75. The number of azide groups is 1. The summed E-state index contributed by atoms with van der Waals surface area (Å²) in [7, 11) is 0. The Balaban J connectivity index is 0.000000194. The van der Waals surface area contributed by atoms with Gasteiger partial charge in [0.05, 0.1) is 12.1 Å². The summed E-state index contributed by atoms with van der Waals surface area (Å²) in [6.07, 6.45) is 5.90. The summed E-state index contributed by atoms with van der Waals surface area (Å²) in [4.78, 5) is 14.8. The van der Waals surface area contributed by atoms with E-state index in [2.05, 4.69) is 65.4 Å². The Labute approximate surface area is 212 Å². The number of ether oxygens (including phenoxy) is 1. The lowest BCUT2D eigenvalue weighted by Gasteiger charge is -2.28. The number of hydrogen-bond donors (Lipinski definition) is 1. The summed E-state index contributed by atoms with van der Waals surface area (Å²) in [5, 5.41) is 6.80. The fourth-order valence-electron chi connectivity index (χ4n) is 4.36. The number of halogens is 2. The average molecular weight is 578 g/mol. The van der Waals surface area contributed by atoms with Gasteiger partial charge in [0.2, 0.25) is 0 Å². The Morgan fingerprint density at radius 1 is 1.03 bits per heavy atom. The molecule has 176 valence electrons. The van der Waals surface area contributed by atoms with Crippen LogP contribution < -0.4 is 5.32 Å². The molecule has 1 amide bonds. The molecule has 0 saturated carbocycles. The van der Waals surface area contributed by atoms with E-state index < -0.39 is 5.60 Å². The fraction of sp³-hybridized carbons (Fsp3) is 0.480. The number of alkyl carbamates (subject to hydrolysis) is 1. The second-order valence-electron chi connectivity index (χ2n) is 9.32. The Bertz CT molecular complexity index is 1050. The summed E-state index contributed by atoms with van der Waals surface area (Å²) < 4.78 is 7.58. The Hall–Kier alpha value is -2.02. The maximum Gasteiger partial charge on any atom is 0.408 e. The molecule has 0 unspecified atom stereocenters. The van der Waals surface area contributed by atoms with Crippen molar-refractivity contribution in [1.29, 1.82) is 0 Å². The number of amides is 1. The lowest BCUT2D eigenvalue weighted by Crippen LogP contribution is -2.36. The van der Waals surface area contributed by atoms with Crippen LogP contribution in [0.1, 0.15) is 80.8 Å². The standard InChI is InChI=1S/C15H20BrNO2.C10H10BrN3/c1-15(2,3)19-14(18)17-13-9-5-6-10-11(13)7-4-8-12(10)16;11-9-5-1-4-8-7(9)3-2-6-10(8)13-14-12/h4,7-8,13H,5-6,9H2,1-3H3,(H,17,18);1,4-5,10H,2-3,6H2/t13-;10-/m11/s1. The number of benzene rings is 2. The lowest BCUT2D eigenvalue weighted by atomic mass is 9.88. The third kappa shape index (κ3) is 6.98. The number of carbonyl (C=O) groups excluding carboxylic acids is 1. The van der Waals surface area contributed by atoms with Crippen molar-refractivity contribution in [3.63, 3.8) is 0 Å². The van der Waals surface area contributed by atoms with E-state index in [1.165, 1.54) is 22.3 Å². The minimum Gasteiger partial charge on any atom is -0.444 e. The molecule has 2 aromatic carbocycles. The molecule has 2 aromatic rings. The highest BCUT2D eigenvalue weighted by atomic mass is 79.9. The van der Waals surface area contributed by atoms with Crippen molar-refractivity contribution in [3.8, 4) is 0 Å². The number of carbonyl (C=O) groups is 1. The van der Waals surface area contributed by atoms with Crippen molar-refractivity contribution in [2.75, 3.05) is 0 Å². The minimum atomic E-state index is -0.459. The molecule has 2 aliphatic rings. The number of hydrogen-bond acceptors (Lipinski definition) is 3. The molecule has 33 heavy (non-hydrogen) atoms. The molecule has 2 aliphatic carbocycles. The number of rotatable bonds is 2. The molecule has 4 rings (SSSR count). The van der Waals surface area contributed by atoms with Crippen LogP contribution in [0, 0.1) is 0 Å². The van der Waals surface area contributed by atoms with Crippen molar-refractivity contribution < 1.29 is 9.53 Å². The molecule has 2 atom stereocenters. The minimum absolute atomic E-state index is 0.0289. The van der Waals surface area contributed by atoms with Crippen LogP contribution in [0.15, 0.2) is 50.5 Å². The van der Waals surface area contributed by atoms with Crippen molar-refractivity contribution in [2.45, 2.75) is 77.0 Å². The van der Waals surface area contributed by atoms with E-state index in [1.807, 2.05) is 39.0 Å². The molecule has 1 N–H and O–H groups in total. The monoisotopic (exact) mass is 576 g/mol. The van der Waals surface area contributed by atoms with Crippen LogP contribution in [0.3, 0.4) is 0 Å². The average Bonchev–Trinajstić information content (AvgIpc) is 2.75. The smallest absolute Gasteiger partial charge is 0.408 e. The van der Waals surface area contributed by atoms with Gasteiger partial charge in [0, 0.05) is 13.9 Å². The van der Waals surface area contributed by atoms with Crippen LogP contribution in [0.5, 0.6) is 0 Å².